The molecule has 4 aromatic carbocycles. The molecule has 0 radical (unpaired) electrons. The van der Waals surface area contributed by atoms with Crippen LogP contribution < -0.4 is 0 Å². The van der Waals surface area contributed by atoms with Gasteiger partial charge in [-0.15, -0.1) is 9.24 Å². The molecule has 0 bridgehead atoms. The Balaban J connectivity index is 1.29. The van der Waals surface area contributed by atoms with E-state index in [0.29, 0.717) is 0 Å². The van der Waals surface area contributed by atoms with Crippen LogP contribution in [0.5, 0.6) is 0 Å². The number of carbonyl (C=O) groups is 3. The van der Waals surface area contributed by atoms with E-state index in [-0.39, 0.29) is 70.9 Å². The van der Waals surface area contributed by atoms with Crippen LogP contribution in [0, 0.1) is 23.7 Å². The molecule has 3 heterocycles. The van der Waals surface area contributed by atoms with Crippen molar-refractivity contribution in [3.63, 3.8) is 0 Å². The molecule has 0 aromatic heterocycles. The van der Waals surface area contributed by atoms with Crippen molar-refractivity contribution in [2.45, 2.75) is 148 Å². The van der Waals surface area contributed by atoms with E-state index in [0.717, 1.165) is 22.3 Å². The molecule has 3 fully saturated rings. The van der Waals surface area contributed by atoms with Gasteiger partial charge in [-0.1, -0.05) is 149 Å². The molecule has 0 spiro atoms. The van der Waals surface area contributed by atoms with Gasteiger partial charge in [-0.05, 0) is 34.1 Å². The summed E-state index contributed by atoms with van der Waals surface area (Å²) in [5.41, 5.74) is 3.59. The van der Waals surface area contributed by atoms with Crippen LogP contribution in [0.3, 0.4) is 0 Å². The van der Waals surface area contributed by atoms with E-state index in [9.17, 15) is 19.5 Å². The lowest BCUT2D eigenvalue weighted by atomic mass is 9.76. The van der Waals surface area contributed by atoms with E-state index in [1.165, 1.54) is 21.0 Å². The Morgan fingerprint density at radius 3 is 1.66 bits per heavy atom. The topological polar surface area (TPSA) is 191 Å². The first-order chi connectivity index (χ1) is 37.2. The second-order valence-electron chi connectivity index (χ2n) is 20.2. The van der Waals surface area contributed by atoms with Gasteiger partial charge in [0.1, 0.15) is 49.3 Å². The molecule has 7 rings (SSSR count). The molecule has 17 atom stereocenters. The maximum atomic E-state index is 14.6. The van der Waals surface area contributed by atoms with Gasteiger partial charge < -0.3 is 66.7 Å². The second-order valence-corrected chi connectivity index (χ2v) is 20.5. The standard InChI is InChI=1S/C59H77O17P/c1-37-28-59(58(63)64-7,75-51(38(37)2)39(3)47(71-42(6)61)35-67-41(5)60)76-54-50(62)48(33-65-29-43-20-12-8-13-21-43)72-57(55(54)69-32-46-26-18-11-19-27-46)74-52-40(4)53(68-31-45-24-16-10-17-25-45)56(70-36-77)73-49(52)34-66-30-44-22-14-9-15-23-44/h8-27,37-40,47-57,62H,28-36,77H2,1-7H3/t37?,38-,39+,40?,47-,48?,49?,50-,51+,52-,53?,54-,55?,56-,57-,59-/m0/s1. The molecule has 18 heteroatoms. The highest BCUT2D eigenvalue weighted by atomic mass is 31.0. The number of esters is 3. The van der Waals surface area contributed by atoms with Crippen LogP contribution in [0.4, 0.5) is 0 Å². The van der Waals surface area contributed by atoms with E-state index in [2.05, 4.69) is 9.24 Å². The summed E-state index contributed by atoms with van der Waals surface area (Å²) in [4.78, 5) is 39.1. The van der Waals surface area contributed by atoms with Gasteiger partial charge in [0.15, 0.2) is 12.6 Å². The molecule has 0 aliphatic carbocycles. The molecular weight excluding hydrogens is 1010 g/mol. The summed E-state index contributed by atoms with van der Waals surface area (Å²) in [6.45, 7) is 10.6. The molecule has 3 saturated heterocycles. The third-order valence-electron chi connectivity index (χ3n) is 14.5. The zero-order chi connectivity index (χ0) is 54.9. The highest BCUT2D eigenvalue weighted by molar-refractivity contribution is 7.16. The second kappa shape index (κ2) is 29.5. The van der Waals surface area contributed by atoms with Gasteiger partial charge in [-0.3, -0.25) is 9.59 Å². The highest BCUT2D eigenvalue weighted by Gasteiger charge is 2.59. The minimum absolute atomic E-state index is 0.00308. The van der Waals surface area contributed by atoms with Crippen molar-refractivity contribution in [3.8, 4) is 0 Å². The van der Waals surface area contributed by atoms with Crippen molar-refractivity contribution in [2.24, 2.45) is 23.7 Å². The summed E-state index contributed by atoms with van der Waals surface area (Å²) < 4.78 is 84.0. The maximum absolute atomic E-state index is 14.6. The van der Waals surface area contributed by atoms with Gasteiger partial charge >= 0.3 is 17.9 Å². The zero-order valence-corrected chi connectivity index (χ0v) is 46.3. The van der Waals surface area contributed by atoms with Gasteiger partial charge in [-0.25, -0.2) is 4.79 Å². The van der Waals surface area contributed by atoms with Gasteiger partial charge in [0.25, 0.3) is 5.79 Å². The van der Waals surface area contributed by atoms with Crippen molar-refractivity contribution < 1.29 is 81.1 Å². The van der Waals surface area contributed by atoms with E-state index in [1.54, 1.807) is 6.92 Å². The van der Waals surface area contributed by atoms with Crippen molar-refractivity contribution in [3.05, 3.63) is 144 Å². The average Bonchev–Trinajstić information content (AvgIpc) is 3.45. The van der Waals surface area contributed by atoms with Gasteiger partial charge in [0.05, 0.1) is 65.3 Å². The molecule has 3 aliphatic heterocycles. The van der Waals surface area contributed by atoms with Crippen LogP contribution in [0.2, 0.25) is 0 Å². The minimum Gasteiger partial charge on any atom is -0.465 e. The number of hydrogen-bond acceptors (Lipinski definition) is 17. The SMILES string of the molecule is COC(=O)[C@@]1(O[C@@H]2C(OCc3ccccc3)[C@H](O[C@@H]3C(COCc4ccccc4)O[C@H](OCP)C(OCc4ccccc4)C3C)OC(COCc3ccccc3)[C@@H]2O)CC(C)[C@H](C)[C@H]([C@H](C)[C@H](COC(C)=O)OC(C)=O)O1. The predicted molar refractivity (Wildman–Crippen MR) is 284 cm³/mol. The van der Waals surface area contributed by atoms with Crippen LogP contribution >= 0.6 is 9.24 Å². The number of aliphatic hydroxyl groups excluding tert-OH is 1. The molecular formula is C59H77O17P. The summed E-state index contributed by atoms with van der Waals surface area (Å²) in [7, 11) is 3.81. The minimum atomic E-state index is -2.19. The molecule has 17 nitrogen and oxygen atoms in total. The number of aliphatic hydroxyl groups is 1. The summed E-state index contributed by atoms with van der Waals surface area (Å²) in [5, 5.41) is 12.8. The third-order valence-corrected chi connectivity index (χ3v) is 14.7. The first kappa shape index (κ1) is 59.9. The fourth-order valence-electron chi connectivity index (χ4n) is 10.2. The lowest BCUT2D eigenvalue weighted by molar-refractivity contribution is -0.389. The Morgan fingerprint density at radius 1 is 0.649 bits per heavy atom. The van der Waals surface area contributed by atoms with Crippen LogP contribution in [0.15, 0.2) is 121 Å². The highest BCUT2D eigenvalue weighted by Crippen LogP contribution is 2.45. The fraction of sp³-hybridized carbons (Fsp3) is 0.542. The van der Waals surface area contributed by atoms with Crippen LogP contribution in [0.1, 0.15) is 70.2 Å². The van der Waals surface area contributed by atoms with E-state index < -0.39 is 103 Å². The number of methoxy groups -OCH3 is 1. The van der Waals surface area contributed by atoms with Crippen molar-refractivity contribution in [1.29, 1.82) is 0 Å². The van der Waals surface area contributed by atoms with E-state index >= 15 is 0 Å². The molecule has 0 saturated carbocycles. The van der Waals surface area contributed by atoms with E-state index in [1.807, 2.05) is 142 Å². The number of ether oxygens (including phenoxy) is 13. The average molecular weight is 1090 g/mol. The zero-order valence-electron chi connectivity index (χ0n) is 45.1. The van der Waals surface area contributed by atoms with Gasteiger partial charge in [0, 0.05) is 32.1 Å². The van der Waals surface area contributed by atoms with Crippen LogP contribution in [0.25, 0.3) is 0 Å². The molecule has 3 aliphatic rings. The predicted octanol–water partition coefficient (Wildman–Crippen LogP) is 7.72. The Labute approximate surface area is 454 Å². The van der Waals surface area contributed by atoms with Crippen LogP contribution in [-0.4, -0.2) is 130 Å². The Hall–Kier alpha value is -4.72. The third kappa shape index (κ3) is 16.4. The molecule has 1 N–H and O–H groups in total. The maximum Gasteiger partial charge on any atom is 0.366 e. The summed E-state index contributed by atoms with van der Waals surface area (Å²) in [6.07, 6.45) is -11.4. The molecule has 7 unspecified atom stereocenters. The normalized spacial score (nSPS) is 30.2. The lowest BCUT2D eigenvalue weighted by Crippen LogP contribution is -2.67. The first-order valence-electron chi connectivity index (χ1n) is 26.4. The van der Waals surface area contributed by atoms with Gasteiger partial charge in [0.2, 0.25) is 0 Å². The number of benzene rings is 4. The molecule has 77 heavy (non-hydrogen) atoms. The Kier molecular flexibility index (Phi) is 22.9. The fourth-order valence-corrected chi connectivity index (χ4v) is 10.4. The van der Waals surface area contributed by atoms with Crippen molar-refractivity contribution in [1.82, 2.24) is 0 Å². The van der Waals surface area contributed by atoms with Crippen molar-refractivity contribution >= 4 is 27.1 Å². The van der Waals surface area contributed by atoms with Crippen LogP contribution in [-0.2, 0) is 102 Å². The first-order valence-corrected chi connectivity index (χ1v) is 27.3. The largest absolute Gasteiger partial charge is 0.465 e. The Morgan fingerprint density at radius 2 is 1.16 bits per heavy atom. The number of rotatable bonds is 26. The number of carbonyl (C=O) groups excluding carboxylic acids is 3. The summed E-state index contributed by atoms with van der Waals surface area (Å²) >= 11 is 0. The molecule has 0 amide bonds. The number of hydrogen-bond donors (Lipinski definition) is 1. The smallest absolute Gasteiger partial charge is 0.366 e. The Bertz CT molecular complexity index is 2390. The monoisotopic (exact) mass is 1090 g/mol. The summed E-state index contributed by atoms with van der Waals surface area (Å²) in [5.74, 6) is -5.89. The lowest BCUT2D eigenvalue weighted by Gasteiger charge is -2.52. The summed E-state index contributed by atoms with van der Waals surface area (Å²) in [6, 6.07) is 38.6. The van der Waals surface area contributed by atoms with E-state index in [4.69, 9.17) is 61.6 Å². The van der Waals surface area contributed by atoms with Crippen molar-refractivity contribution in [2.75, 3.05) is 33.3 Å². The molecule has 4 aromatic rings. The molecule has 420 valence electrons. The quantitative estimate of drug-likeness (QED) is 0.0365. The van der Waals surface area contributed by atoms with Gasteiger partial charge in [-0.2, -0.15) is 0 Å².